The maximum absolute atomic E-state index is 11.8. The number of anilines is 2. The lowest BCUT2D eigenvalue weighted by atomic mass is 10.2. The lowest BCUT2D eigenvalue weighted by Gasteiger charge is -2.09. The summed E-state index contributed by atoms with van der Waals surface area (Å²) >= 11 is 0. The smallest absolute Gasteiger partial charge is 0.258 e. The van der Waals surface area contributed by atoms with Gasteiger partial charge in [0, 0.05) is 17.6 Å². The minimum absolute atomic E-state index is 0.0295. The molecule has 0 atom stereocenters. The van der Waals surface area contributed by atoms with E-state index < -0.39 is 0 Å². The molecule has 1 heterocycles. The standard InChI is InChI=1S/C20H19N3O2/c24-20(22-14-18-8-4-5-13-21-18)15-25-19-11-9-17(10-12-19)23-16-6-2-1-3-7-16/h1-13,23H,14-15H2,(H,22,24). The van der Waals surface area contributed by atoms with Gasteiger partial charge < -0.3 is 15.4 Å². The van der Waals surface area contributed by atoms with Crippen molar-refractivity contribution in [3.8, 4) is 5.75 Å². The molecule has 0 aliphatic heterocycles. The van der Waals surface area contributed by atoms with Crippen LogP contribution in [-0.2, 0) is 11.3 Å². The number of pyridine rings is 1. The van der Waals surface area contributed by atoms with Crippen LogP contribution in [0.2, 0.25) is 0 Å². The average Bonchev–Trinajstić information content (AvgIpc) is 2.67. The van der Waals surface area contributed by atoms with Crippen LogP contribution in [0.15, 0.2) is 79.0 Å². The molecular formula is C20H19N3O2. The molecule has 2 aromatic carbocycles. The van der Waals surface area contributed by atoms with Gasteiger partial charge in [0.1, 0.15) is 5.75 Å². The third-order valence-corrected chi connectivity index (χ3v) is 3.48. The number of ether oxygens (including phenoxy) is 1. The number of hydrogen-bond donors (Lipinski definition) is 2. The number of amides is 1. The molecule has 0 aliphatic rings. The van der Waals surface area contributed by atoms with Crippen molar-refractivity contribution >= 4 is 17.3 Å². The second kappa shape index (κ2) is 8.49. The molecule has 0 fully saturated rings. The quantitative estimate of drug-likeness (QED) is 0.694. The van der Waals surface area contributed by atoms with Crippen LogP contribution in [0.5, 0.6) is 5.75 Å². The monoisotopic (exact) mass is 333 g/mol. The maximum Gasteiger partial charge on any atom is 0.258 e. The fourth-order valence-corrected chi connectivity index (χ4v) is 2.21. The van der Waals surface area contributed by atoms with Gasteiger partial charge in [-0.3, -0.25) is 9.78 Å². The Hall–Kier alpha value is -3.34. The molecule has 5 heteroatoms. The van der Waals surface area contributed by atoms with Crippen LogP contribution in [0.4, 0.5) is 11.4 Å². The summed E-state index contributed by atoms with van der Waals surface area (Å²) in [7, 11) is 0. The number of nitrogens with one attached hydrogen (secondary N) is 2. The van der Waals surface area contributed by atoms with E-state index in [1.54, 1.807) is 6.20 Å². The number of hydrogen-bond acceptors (Lipinski definition) is 4. The van der Waals surface area contributed by atoms with E-state index in [2.05, 4.69) is 15.6 Å². The molecule has 2 N–H and O–H groups in total. The van der Waals surface area contributed by atoms with E-state index in [9.17, 15) is 4.79 Å². The van der Waals surface area contributed by atoms with Gasteiger partial charge in [-0.25, -0.2) is 0 Å². The third kappa shape index (κ3) is 5.35. The Labute approximate surface area is 146 Å². The predicted molar refractivity (Wildman–Crippen MR) is 97.7 cm³/mol. The number of para-hydroxylation sites is 1. The Balaban J connectivity index is 1.44. The zero-order valence-electron chi connectivity index (χ0n) is 13.7. The number of rotatable bonds is 7. The van der Waals surface area contributed by atoms with Crippen molar-refractivity contribution in [3.63, 3.8) is 0 Å². The lowest BCUT2D eigenvalue weighted by molar-refractivity contribution is -0.123. The zero-order valence-corrected chi connectivity index (χ0v) is 13.7. The van der Waals surface area contributed by atoms with Crippen molar-refractivity contribution in [2.45, 2.75) is 6.54 Å². The van der Waals surface area contributed by atoms with Crippen molar-refractivity contribution in [1.82, 2.24) is 10.3 Å². The topological polar surface area (TPSA) is 63.2 Å². The molecule has 0 saturated carbocycles. The largest absolute Gasteiger partial charge is 0.484 e. The molecule has 0 bridgehead atoms. The molecular weight excluding hydrogens is 314 g/mol. The summed E-state index contributed by atoms with van der Waals surface area (Å²) in [6.45, 7) is 0.362. The summed E-state index contributed by atoms with van der Waals surface area (Å²) in [5, 5.41) is 6.07. The minimum Gasteiger partial charge on any atom is -0.484 e. The third-order valence-electron chi connectivity index (χ3n) is 3.48. The highest BCUT2D eigenvalue weighted by Crippen LogP contribution is 2.19. The zero-order chi connectivity index (χ0) is 17.3. The average molecular weight is 333 g/mol. The van der Waals surface area contributed by atoms with Gasteiger partial charge in [-0.05, 0) is 48.5 Å². The first kappa shape index (κ1) is 16.5. The lowest BCUT2D eigenvalue weighted by Crippen LogP contribution is -2.28. The van der Waals surface area contributed by atoms with Crippen molar-refractivity contribution in [1.29, 1.82) is 0 Å². The Morgan fingerprint density at radius 2 is 1.60 bits per heavy atom. The fraction of sp³-hybridized carbons (Fsp3) is 0.100. The molecule has 3 rings (SSSR count). The number of carbonyl (C=O) groups excluding carboxylic acids is 1. The first-order valence-corrected chi connectivity index (χ1v) is 8.01. The highest BCUT2D eigenvalue weighted by Gasteiger charge is 2.03. The number of carbonyl (C=O) groups is 1. The summed E-state index contributed by atoms with van der Waals surface area (Å²) in [6.07, 6.45) is 1.70. The van der Waals surface area contributed by atoms with Gasteiger partial charge in [0.2, 0.25) is 0 Å². The summed E-state index contributed by atoms with van der Waals surface area (Å²) < 4.78 is 5.50. The van der Waals surface area contributed by atoms with Crippen molar-refractivity contribution in [2.24, 2.45) is 0 Å². The molecule has 0 spiro atoms. The molecule has 0 saturated heterocycles. The van der Waals surface area contributed by atoms with Crippen molar-refractivity contribution < 1.29 is 9.53 Å². The van der Waals surface area contributed by atoms with E-state index in [0.29, 0.717) is 12.3 Å². The number of nitrogens with zero attached hydrogens (tertiary/aromatic N) is 1. The van der Waals surface area contributed by atoms with Crippen LogP contribution in [-0.4, -0.2) is 17.5 Å². The molecule has 0 aliphatic carbocycles. The van der Waals surface area contributed by atoms with Gasteiger partial charge >= 0.3 is 0 Å². The molecule has 0 unspecified atom stereocenters. The van der Waals surface area contributed by atoms with E-state index in [4.69, 9.17) is 4.74 Å². The highest BCUT2D eigenvalue weighted by molar-refractivity contribution is 5.77. The Morgan fingerprint density at radius 1 is 0.880 bits per heavy atom. The number of aromatic nitrogens is 1. The van der Waals surface area contributed by atoms with Crippen molar-refractivity contribution in [3.05, 3.63) is 84.7 Å². The van der Waals surface area contributed by atoms with Crippen LogP contribution < -0.4 is 15.4 Å². The summed E-state index contributed by atoms with van der Waals surface area (Å²) in [6, 6.07) is 23.0. The van der Waals surface area contributed by atoms with Crippen LogP contribution in [0, 0.1) is 0 Å². The number of benzene rings is 2. The van der Waals surface area contributed by atoms with Crippen LogP contribution in [0.1, 0.15) is 5.69 Å². The SMILES string of the molecule is O=C(COc1ccc(Nc2ccccc2)cc1)NCc1ccccn1. The minimum atomic E-state index is -0.183. The molecule has 1 aromatic heterocycles. The van der Waals surface area contributed by atoms with Gasteiger partial charge in [-0.2, -0.15) is 0 Å². The molecule has 0 radical (unpaired) electrons. The first-order valence-electron chi connectivity index (χ1n) is 8.01. The molecule has 5 nitrogen and oxygen atoms in total. The Bertz CT molecular complexity index is 790. The van der Waals surface area contributed by atoms with Gasteiger partial charge in [0.15, 0.2) is 6.61 Å². The summed E-state index contributed by atoms with van der Waals surface area (Å²) in [5.41, 5.74) is 2.79. The van der Waals surface area contributed by atoms with E-state index in [-0.39, 0.29) is 12.5 Å². The maximum atomic E-state index is 11.8. The second-order valence-electron chi connectivity index (χ2n) is 5.40. The second-order valence-corrected chi connectivity index (χ2v) is 5.40. The van der Waals surface area contributed by atoms with Crippen LogP contribution in [0.25, 0.3) is 0 Å². The van der Waals surface area contributed by atoms with Crippen molar-refractivity contribution in [2.75, 3.05) is 11.9 Å². The predicted octanol–water partition coefficient (Wildman–Crippen LogP) is 3.52. The van der Waals surface area contributed by atoms with E-state index in [0.717, 1.165) is 17.1 Å². The summed E-state index contributed by atoms with van der Waals surface area (Å²) in [5.74, 6) is 0.462. The fourth-order valence-electron chi connectivity index (χ4n) is 2.21. The van der Waals surface area contributed by atoms with Gasteiger partial charge in [0.05, 0.1) is 12.2 Å². The molecule has 126 valence electrons. The summed E-state index contributed by atoms with van der Waals surface area (Å²) in [4.78, 5) is 16.0. The van der Waals surface area contributed by atoms with E-state index >= 15 is 0 Å². The molecule has 25 heavy (non-hydrogen) atoms. The highest BCUT2D eigenvalue weighted by atomic mass is 16.5. The van der Waals surface area contributed by atoms with E-state index in [1.807, 2.05) is 72.8 Å². The van der Waals surface area contributed by atoms with Gasteiger partial charge in [-0.1, -0.05) is 24.3 Å². The Morgan fingerprint density at radius 3 is 2.32 bits per heavy atom. The van der Waals surface area contributed by atoms with Gasteiger partial charge in [-0.15, -0.1) is 0 Å². The first-order chi connectivity index (χ1) is 12.3. The van der Waals surface area contributed by atoms with Crippen LogP contribution >= 0.6 is 0 Å². The normalized spacial score (nSPS) is 10.1. The van der Waals surface area contributed by atoms with Gasteiger partial charge in [0.25, 0.3) is 5.91 Å². The Kier molecular flexibility index (Phi) is 5.61. The van der Waals surface area contributed by atoms with Crippen LogP contribution in [0.3, 0.4) is 0 Å². The van der Waals surface area contributed by atoms with E-state index in [1.165, 1.54) is 0 Å². The molecule has 3 aromatic rings. The molecule has 1 amide bonds.